The summed E-state index contributed by atoms with van der Waals surface area (Å²) in [5.74, 6) is 0.862. The molecule has 3 heterocycles. The van der Waals surface area contributed by atoms with Gasteiger partial charge in [0.2, 0.25) is 5.91 Å². The van der Waals surface area contributed by atoms with Crippen molar-refractivity contribution in [1.29, 1.82) is 0 Å². The molecule has 0 aromatic carbocycles. The van der Waals surface area contributed by atoms with Gasteiger partial charge in [-0.05, 0) is 19.4 Å². The molecule has 7 heteroatoms. The number of fused-ring (bicyclic) bond motifs is 1. The molecule has 0 saturated carbocycles. The van der Waals surface area contributed by atoms with Crippen LogP contribution in [0.15, 0.2) is 29.3 Å². The van der Waals surface area contributed by atoms with E-state index in [1.165, 1.54) is 10.7 Å². The van der Waals surface area contributed by atoms with E-state index in [-0.39, 0.29) is 24.1 Å². The van der Waals surface area contributed by atoms with Crippen LogP contribution >= 0.6 is 0 Å². The van der Waals surface area contributed by atoms with Gasteiger partial charge in [-0.1, -0.05) is 0 Å². The second-order valence-electron chi connectivity index (χ2n) is 5.27. The SMILES string of the molecule is Cc1ccc(=O)n(CC(=O)N[C@H]2CCc3nccn3C2)n1. The molecule has 2 aromatic rings. The summed E-state index contributed by atoms with van der Waals surface area (Å²) in [4.78, 5) is 27.9. The van der Waals surface area contributed by atoms with Crippen LogP contribution in [0, 0.1) is 6.92 Å². The van der Waals surface area contributed by atoms with Gasteiger partial charge < -0.3 is 9.88 Å². The number of imidazole rings is 1. The predicted molar refractivity (Wildman–Crippen MR) is 75.7 cm³/mol. The number of aromatic nitrogens is 4. The van der Waals surface area contributed by atoms with Gasteiger partial charge in [0.1, 0.15) is 12.4 Å². The highest BCUT2D eigenvalue weighted by Crippen LogP contribution is 2.12. The second kappa shape index (κ2) is 5.51. The fourth-order valence-electron chi connectivity index (χ4n) is 2.56. The van der Waals surface area contributed by atoms with Crippen molar-refractivity contribution < 1.29 is 4.79 Å². The van der Waals surface area contributed by atoms with Gasteiger partial charge in [0.25, 0.3) is 5.56 Å². The Balaban J connectivity index is 1.62. The maximum absolute atomic E-state index is 12.1. The summed E-state index contributed by atoms with van der Waals surface area (Å²) in [6.45, 7) is 2.46. The highest BCUT2D eigenvalue weighted by atomic mass is 16.2. The van der Waals surface area contributed by atoms with E-state index in [1.54, 1.807) is 19.2 Å². The summed E-state index contributed by atoms with van der Waals surface area (Å²) < 4.78 is 3.24. The third kappa shape index (κ3) is 3.01. The molecule has 110 valence electrons. The van der Waals surface area contributed by atoms with Crippen molar-refractivity contribution in [2.45, 2.75) is 38.9 Å². The molecule has 21 heavy (non-hydrogen) atoms. The largest absolute Gasteiger partial charge is 0.350 e. The third-order valence-corrected chi connectivity index (χ3v) is 3.59. The van der Waals surface area contributed by atoms with Crippen molar-refractivity contribution >= 4 is 5.91 Å². The maximum atomic E-state index is 12.1. The van der Waals surface area contributed by atoms with E-state index < -0.39 is 0 Å². The average Bonchev–Trinajstić information content (AvgIpc) is 2.90. The van der Waals surface area contributed by atoms with Crippen LogP contribution in [0.5, 0.6) is 0 Å². The molecule has 0 spiro atoms. The van der Waals surface area contributed by atoms with Gasteiger partial charge in [-0.2, -0.15) is 5.10 Å². The van der Waals surface area contributed by atoms with Crippen molar-refractivity contribution in [2.75, 3.05) is 0 Å². The first kappa shape index (κ1) is 13.5. The Bertz CT molecular complexity index is 718. The van der Waals surface area contributed by atoms with Crippen LogP contribution < -0.4 is 10.9 Å². The molecule has 0 radical (unpaired) electrons. The zero-order valence-electron chi connectivity index (χ0n) is 11.8. The van der Waals surface area contributed by atoms with Crippen LogP contribution in [-0.2, 0) is 24.3 Å². The van der Waals surface area contributed by atoms with E-state index in [0.717, 1.165) is 25.2 Å². The number of hydrogen-bond donors (Lipinski definition) is 1. The second-order valence-corrected chi connectivity index (χ2v) is 5.27. The average molecular weight is 287 g/mol. The Kier molecular flexibility index (Phi) is 3.55. The number of carbonyl (C=O) groups is 1. The zero-order chi connectivity index (χ0) is 14.8. The summed E-state index contributed by atoms with van der Waals surface area (Å²) >= 11 is 0. The van der Waals surface area contributed by atoms with E-state index in [1.807, 2.05) is 10.8 Å². The number of hydrogen-bond acceptors (Lipinski definition) is 4. The van der Waals surface area contributed by atoms with Crippen molar-refractivity contribution in [2.24, 2.45) is 0 Å². The van der Waals surface area contributed by atoms with Gasteiger partial charge >= 0.3 is 0 Å². The fourth-order valence-corrected chi connectivity index (χ4v) is 2.56. The van der Waals surface area contributed by atoms with Crippen LogP contribution in [0.2, 0.25) is 0 Å². The highest BCUT2D eigenvalue weighted by Gasteiger charge is 2.20. The summed E-state index contributed by atoms with van der Waals surface area (Å²) in [6.07, 6.45) is 5.40. The van der Waals surface area contributed by atoms with Crippen LogP contribution in [0.3, 0.4) is 0 Å². The molecule has 0 fully saturated rings. The van der Waals surface area contributed by atoms with Gasteiger partial charge in [0.15, 0.2) is 0 Å². The molecule has 1 aliphatic heterocycles. The maximum Gasteiger partial charge on any atom is 0.267 e. The van der Waals surface area contributed by atoms with Crippen molar-refractivity contribution in [3.05, 3.63) is 46.4 Å². The molecule has 1 aliphatic rings. The van der Waals surface area contributed by atoms with Gasteiger partial charge in [-0.15, -0.1) is 0 Å². The Morgan fingerprint density at radius 3 is 3.19 bits per heavy atom. The lowest BCUT2D eigenvalue weighted by Gasteiger charge is -2.24. The van der Waals surface area contributed by atoms with E-state index in [9.17, 15) is 9.59 Å². The van der Waals surface area contributed by atoms with Gasteiger partial charge in [0.05, 0.1) is 5.69 Å². The molecule has 0 unspecified atom stereocenters. The van der Waals surface area contributed by atoms with Crippen molar-refractivity contribution in [3.63, 3.8) is 0 Å². The Morgan fingerprint density at radius 1 is 1.48 bits per heavy atom. The minimum atomic E-state index is -0.267. The van der Waals surface area contributed by atoms with Crippen LogP contribution in [0.1, 0.15) is 17.9 Å². The molecule has 7 nitrogen and oxygen atoms in total. The molecular formula is C14H17N5O2. The number of rotatable bonds is 3. The van der Waals surface area contributed by atoms with E-state index in [2.05, 4.69) is 15.4 Å². The number of nitrogens with one attached hydrogen (secondary N) is 1. The normalized spacial score (nSPS) is 17.3. The van der Waals surface area contributed by atoms with Crippen molar-refractivity contribution in [1.82, 2.24) is 24.6 Å². The molecule has 0 aliphatic carbocycles. The molecular weight excluding hydrogens is 270 g/mol. The van der Waals surface area contributed by atoms with Gasteiger partial charge in [0, 0.05) is 37.5 Å². The molecule has 1 amide bonds. The zero-order valence-corrected chi connectivity index (χ0v) is 11.8. The van der Waals surface area contributed by atoms with Crippen molar-refractivity contribution in [3.8, 4) is 0 Å². The first-order valence-corrected chi connectivity index (χ1v) is 6.96. The van der Waals surface area contributed by atoms with E-state index >= 15 is 0 Å². The van der Waals surface area contributed by atoms with Crippen LogP contribution in [-0.4, -0.2) is 31.3 Å². The number of carbonyl (C=O) groups excluding carboxylic acids is 1. The molecule has 0 saturated heterocycles. The van der Waals surface area contributed by atoms with Crippen LogP contribution in [0.4, 0.5) is 0 Å². The topological polar surface area (TPSA) is 81.8 Å². The molecule has 2 aromatic heterocycles. The Labute approximate surface area is 121 Å². The standard InChI is InChI=1S/C14H17N5O2/c1-10-2-5-14(21)19(17-10)9-13(20)16-11-3-4-12-15-6-7-18(12)8-11/h2,5-7,11H,3-4,8-9H2,1H3,(H,16,20)/t11-/m0/s1. The lowest BCUT2D eigenvalue weighted by Crippen LogP contribution is -2.43. The predicted octanol–water partition coefficient (Wildman–Crippen LogP) is -0.121. The Morgan fingerprint density at radius 2 is 2.33 bits per heavy atom. The molecule has 0 bridgehead atoms. The monoisotopic (exact) mass is 287 g/mol. The lowest BCUT2D eigenvalue weighted by molar-refractivity contribution is -0.122. The quantitative estimate of drug-likeness (QED) is 0.853. The number of aryl methyl sites for hydroxylation is 2. The summed E-state index contributed by atoms with van der Waals surface area (Å²) in [5, 5.41) is 7.02. The minimum Gasteiger partial charge on any atom is -0.350 e. The molecule has 3 rings (SSSR count). The Hall–Kier alpha value is -2.44. The summed E-state index contributed by atoms with van der Waals surface area (Å²) in [6, 6.07) is 3.13. The van der Waals surface area contributed by atoms with E-state index in [4.69, 9.17) is 0 Å². The lowest BCUT2D eigenvalue weighted by atomic mass is 10.1. The first-order valence-electron chi connectivity index (χ1n) is 6.96. The van der Waals surface area contributed by atoms with E-state index in [0.29, 0.717) is 5.69 Å². The fraction of sp³-hybridized carbons (Fsp3) is 0.429. The number of nitrogens with zero attached hydrogens (tertiary/aromatic N) is 4. The third-order valence-electron chi connectivity index (χ3n) is 3.59. The summed E-state index contributed by atoms with van der Waals surface area (Å²) in [7, 11) is 0. The van der Waals surface area contributed by atoms with Crippen LogP contribution in [0.25, 0.3) is 0 Å². The first-order chi connectivity index (χ1) is 10.1. The number of amides is 1. The highest BCUT2D eigenvalue weighted by molar-refractivity contribution is 5.75. The molecule has 1 N–H and O–H groups in total. The minimum absolute atomic E-state index is 0.0478. The van der Waals surface area contributed by atoms with Gasteiger partial charge in [-0.3, -0.25) is 9.59 Å². The smallest absolute Gasteiger partial charge is 0.267 e. The van der Waals surface area contributed by atoms with Gasteiger partial charge in [-0.25, -0.2) is 9.67 Å². The summed E-state index contributed by atoms with van der Waals surface area (Å²) in [5.41, 5.74) is 0.444. The molecule has 1 atom stereocenters.